The molecule has 0 spiro atoms. The standard InChI is InChI=1S/C12H7Br2NO2.C12H7Br2N.C6H15O3P.CH4/c13-9-3-1-8(2-4-9)11-6-5-10(14)7-12(11)15(16)17;13-7-1-3-9-10-4-2-8(14)6-12(10)15-11(9)5-7;1-4-7-10(8-5-2)9-6-3;/h1-7H;1-6,15H;4-6H2,1-3H3;1H4. The minimum absolute atomic E-state index is 0. The molecule has 0 aliphatic carbocycles. The van der Waals surface area contributed by atoms with E-state index in [1.165, 1.54) is 16.8 Å². The average Bonchev–Trinajstić information content (AvgIpc) is 3.31. The fourth-order valence-corrected chi connectivity index (χ4v) is 6.00. The van der Waals surface area contributed by atoms with Crippen molar-refractivity contribution in [2.45, 2.75) is 28.2 Å². The molecule has 5 rings (SSSR count). The van der Waals surface area contributed by atoms with E-state index in [-0.39, 0.29) is 18.0 Å². The van der Waals surface area contributed by atoms with E-state index in [0.29, 0.717) is 29.9 Å². The Balaban J connectivity index is 0.000000231. The number of nitro benzene ring substituents is 1. The third-order valence-corrected chi connectivity index (χ3v) is 8.95. The first-order chi connectivity index (χ1) is 20.2. The molecule has 1 heterocycles. The number of H-pyrrole nitrogens is 1. The van der Waals surface area contributed by atoms with Gasteiger partial charge in [-0.1, -0.05) is 95.4 Å². The third kappa shape index (κ3) is 11.3. The molecule has 0 fully saturated rings. The molecule has 1 N–H and O–H groups in total. The molecule has 5 aromatic rings. The molecule has 43 heavy (non-hydrogen) atoms. The normalized spacial score (nSPS) is 10.5. The van der Waals surface area contributed by atoms with E-state index in [4.69, 9.17) is 13.6 Å². The van der Waals surface area contributed by atoms with Gasteiger partial charge in [-0.25, -0.2) is 0 Å². The predicted octanol–water partition coefficient (Wildman–Crippen LogP) is 12.6. The fourth-order valence-electron chi connectivity index (χ4n) is 3.81. The molecule has 0 aliphatic heterocycles. The van der Waals surface area contributed by atoms with E-state index in [1.807, 2.05) is 45.0 Å². The lowest BCUT2D eigenvalue weighted by Crippen LogP contribution is -1.94. The van der Waals surface area contributed by atoms with Gasteiger partial charge in [0.2, 0.25) is 0 Å². The number of nitrogens with zero attached hydrogens (tertiary/aromatic N) is 1. The van der Waals surface area contributed by atoms with Crippen LogP contribution < -0.4 is 0 Å². The van der Waals surface area contributed by atoms with Crippen LogP contribution in [0.4, 0.5) is 5.69 Å². The first kappa shape index (κ1) is 37.5. The van der Waals surface area contributed by atoms with Crippen LogP contribution in [0.15, 0.2) is 96.8 Å². The third-order valence-electron chi connectivity index (χ3n) is 5.54. The summed E-state index contributed by atoms with van der Waals surface area (Å²) in [7, 11) is -1.06. The monoisotopic (exact) mass is 860 g/mol. The largest absolute Gasteiger partial charge is 0.354 e. The molecule has 0 aliphatic rings. The maximum absolute atomic E-state index is 11.0. The number of aromatic amines is 1. The van der Waals surface area contributed by atoms with E-state index in [1.54, 1.807) is 12.1 Å². The van der Waals surface area contributed by atoms with Crippen LogP contribution in [-0.4, -0.2) is 29.7 Å². The molecule has 12 heteroatoms. The molecular formula is C31H33Br4N2O5P. The molecule has 230 valence electrons. The summed E-state index contributed by atoms with van der Waals surface area (Å²) in [5, 5.41) is 13.5. The maximum Gasteiger partial charge on any atom is 0.332 e. The summed E-state index contributed by atoms with van der Waals surface area (Å²) >= 11 is 13.5. The van der Waals surface area contributed by atoms with Crippen molar-refractivity contribution in [3.8, 4) is 11.1 Å². The second-order valence-corrected chi connectivity index (χ2v) is 13.3. The van der Waals surface area contributed by atoms with E-state index in [0.717, 1.165) is 30.0 Å². The zero-order chi connectivity index (χ0) is 30.6. The van der Waals surface area contributed by atoms with Crippen LogP contribution in [-0.2, 0) is 13.6 Å². The highest BCUT2D eigenvalue weighted by atomic mass is 79.9. The number of benzene rings is 4. The Morgan fingerprint density at radius 3 is 1.53 bits per heavy atom. The van der Waals surface area contributed by atoms with Crippen molar-refractivity contribution in [3.63, 3.8) is 0 Å². The van der Waals surface area contributed by atoms with Gasteiger partial charge in [0, 0.05) is 45.8 Å². The predicted molar refractivity (Wildman–Crippen MR) is 194 cm³/mol. The topological polar surface area (TPSA) is 86.6 Å². The number of nitro groups is 1. The summed E-state index contributed by atoms with van der Waals surface area (Å²) in [6.45, 7) is 7.71. The molecule has 0 unspecified atom stereocenters. The average molecular weight is 864 g/mol. The molecule has 1 aromatic heterocycles. The van der Waals surface area contributed by atoms with Gasteiger partial charge < -0.3 is 18.6 Å². The highest BCUT2D eigenvalue weighted by molar-refractivity contribution is 9.11. The van der Waals surface area contributed by atoms with Gasteiger partial charge >= 0.3 is 8.60 Å². The highest BCUT2D eigenvalue weighted by Gasteiger charge is 2.15. The van der Waals surface area contributed by atoms with E-state index >= 15 is 0 Å². The molecule has 0 saturated heterocycles. The SMILES string of the molecule is Brc1ccc2c(c1)[nH]c1cc(Br)ccc12.C.CCOP(OCC)OCC.O=[N+]([O-])c1cc(Br)ccc1-c1ccc(Br)cc1. The van der Waals surface area contributed by atoms with Gasteiger partial charge in [0.25, 0.3) is 5.69 Å². The van der Waals surface area contributed by atoms with Crippen LogP contribution in [0.3, 0.4) is 0 Å². The van der Waals surface area contributed by atoms with Gasteiger partial charge in [0.1, 0.15) is 0 Å². The second kappa shape index (κ2) is 19.0. The first-order valence-corrected chi connectivity index (χ1v) is 17.2. The lowest BCUT2D eigenvalue weighted by atomic mass is 10.0. The molecule has 0 atom stereocenters. The molecule has 0 amide bonds. The molecular weight excluding hydrogens is 831 g/mol. The van der Waals surface area contributed by atoms with Crippen molar-refractivity contribution in [3.05, 3.63) is 107 Å². The zero-order valence-electron chi connectivity index (χ0n) is 23.1. The van der Waals surface area contributed by atoms with Gasteiger partial charge in [-0.15, -0.1) is 0 Å². The summed E-state index contributed by atoms with van der Waals surface area (Å²) in [5.41, 5.74) is 3.87. The Labute approximate surface area is 287 Å². The molecule has 0 radical (unpaired) electrons. The lowest BCUT2D eigenvalue weighted by molar-refractivity contribution is -0.384. The summed E-state index contributed by atoms with van der Waals surface area (Å²) < 4.78 is 19.3. The number of hydrogen-bond donors (Lipinski definition) is 1. The highest BCUT2D eigenvalue weighted by Crippen LogP contribution is 2.38. The van der Waals surface area contributed by atoms with Crippen LogP contribution in [0.25, 0.3) is 32.9 Å². The second-order valence-electron chi connectivity index (χ2n) is 8.41. The van der Waals surface area contributed by atoms with Gasteiger partial charge in [-0.3, -0.25) is 10.1 Å². The summed E-state index contributed by atoms with van der Waals surface area (Å²) in [5.74, 6) is 0. The number of rotatable bonds is 8. The summed E-state index contributed by atoms with van der Waals surface area (Å²) in [4.78, 5) is 14.0. The van der Waals surface area contributed by atoms with Gasteiger partial charge in [-0.2, -0.15) is 0 Å². The molecule has 0 bridgehead atoms. The number of aromatic nitrogens is 1. The van der Waals surface area contributed by atoms with Crippen molar-refractivity contribution in [2.75, 3.05) is 19.8 Å². The molecule has 4 aromatic carbocycles. The minimum atomic E-state index is -1.06. The zero-order valence-corrected chi connectivity index (χ0v) is 30.3. The van der Waals surface area contributed by atoms with Gasteiger partial charge in [0.05, 0.1) is 30.3 Å². The smallest absolute Gasteiger partial charge is 0.332 e. The summed E-state index contributed by atoms with van der Waals surface area (Å²) in [6.07, 6.45) is 0. The molecule has 0 saturated carbocycles. The first-order valence-electron chi connectivity index (χ1n) is 12.9. The Morgan fingerprint density at radius 2 is 1.09 bits per heavy atom. The van der Waals surface area contributed by atoms with Crippen LogP contribution in [0, 0.1) is 10.1 Å². The number of nitrogens with one attached hydrogen (secondary N) is 1. The van der Waals surface area contributed by atoms with Gasteiger partial charge in [-0.05, 0) is 74.9 Å². The van der Waals surface area contributed by atoms with E-state index in [9.17, 15) is 10.1 Å². The quantitative estimate of drug-likeness (QED) is 0.0954. The van der Waals surface area contributed by atoms with Crippen molar-refractivity contribution < 1.29 is 18.5 Å². The van der Waals surface area contributed by atoms with Crippen molar-refractivity contribution in [2.24, 2.45) is 0 Å². The van der Waals surface area contributed by atoms with E-state index in [2.05, 4.69) is 105 Å². The fraction of sp³-hybridized carbons (Fsp3) is 0.226. The van der Waals surface area contributed by atoms with Gasteiger partial charge in [0.15, 0.2) is 0 Å². The van der Waals surface area contributed by atoms with E-state index < -0.39 is 8.60 Å². The van der Waals surface area contributed by atoms with Crippen molar-refractivity contribution in [1.82, 2.24) is 4.98 Å². The van der Waals surface area contributed by atoms with Crippen LogP contribution in [0.5, 0.6) is 0 Å². The van der Waals surface area contributed by atoms with Crippen molar-refractivity contribution in [1.29, 1.82) is 0 Å². The minimum Gasteiger partial charge on any atom is -0.354 e. The maximum atomic E-state index is 11.0. The van der Waals surface area contributed by atoms with Crippen LogP contribution in [0.2, 0.25) is 0 Å². The Kier molecular flexibility index (Phi) is 16.5. The van der Waals surface area contributed by atoms with Crippen LogP contribution in [0.1, 0.15) is 28.2 Å². The lowest BCUT2D eigenvalue weighted by Gasteiger charge is -2.12. The Morgan fingerprint density at radius 1 is 0.674 bits per heavy atom. The van der Waals surface area contributed by atoms with Crippen molar-refractivity contribution >= 4 is 99.8 Å². The number of halogens is 4. The summed E-state index contributed by atoms with van der Waals surface area (Å²) in [6, 6.07) is 25.1. The number of fused-ring (bicyclic) bond motifs is 3. The Hall–Kier alpha value is -1.69. The van der Waals surface area contributed by atoms with Crippen LogP contribution >= 0.6 is 72.3 Å². The molecule has 7 nitrogen and oxygen atoms in total. The number of hydrogen-bond acceptors (Lipinski definition) is 5. The Bertz CT molecular complexity index is 1550.